The molecule has 0 radical (unpaired) electrons. The summed E-state index contributed by atoms with van der Waals surface area (Å²) < 4.78 is 1.90. The smallest absolute Gasteiger partial charge is 0.221 e. The number of hydrogen-bond donors (Lipinski definition) is 1. The summed E-state index contributed by atoms with van der Waals surface area (Å²) in [5.41, 5.74) is 1.48. The maximum Gasteiger partial charge on any atom is 0.221 e. The van der Waals surface area contributed by atoms with Gasteiger partial charge >= 0.3 is 0 Å². The van der Waals surface area contributed by atoms with Gasteiger partial charge in [-0.2, -0.15) is 11.8 Å². The number of aryl methyl sites for hydroxylation is 2. The fourth-order valence-electron chi connectivity index (χ4n) is 3.13. The SMILES string of the molecule is CSCC[C@@H](NC(=O)CCC(=O)c1cc(C)sc1C)c1nnc2ccccn12. The Morgan fingerprint density at radius 1 is 1.25 bits per heavy atom. The molecule has 0 saturated carbocycles. The molecule has 0 aromatic carbocycles. The number of pyridine rings is 1. The number of nitrogens with zero attached hydrogens (tertiary/aromatic N) is 3. The molecule has 3 rings (SSSR count). The van der Waals surface area contributed by atoms with Crippen LogP contribution in [0, 0.1) is 13.8 Å². The van der Waals surface area contributed by atoms with E-state index in [-0.39, 0.29) is 30.6 Å². The summed E-state index contributed by atoms with van der Waals surface area (Å²) in [5, 5.41) is 11.5. The Morgan fingerprint density at radius 3 is 2.79 bits per heavy atom. The van der Waals surface area contributed by atoms with E-state index in [1.807, 2.05) is 55.0 Å². The molecule has 0 unspecified atom stereocenters. The maximum absolute atomic E-state index is 12.5. The molecule has 3 aromatic rings. The molecular weight excluding hydrogens is 392 g/mol. The van der Waals surface area contributed by atoms with Gasteiger partial charge < -0.3 is 5.32 Å². The number of aromatic nitrogens is 3. The highest BCUT2D eigenvalue weighted by Gasteiger charge is 2.21. The Hall–Kier alpha value is -2.19. The summed E-state index contributed by atoms with van der Waals surface area (Å²) >= 11 is 3.33. The van der Waals surface area contributed by atoms with Crippen molar-refractivity contribution in [2.45, 2.75) is 39.2 Å². The van der Waals surface area contributed by atoms with Crippen molar-refractivity contribution in [1.82, 2.24) is 19.9 Å². The fraction of sp³-hybridized carbons (Fsp3) is 0.400. The molecule has 0 fully saturated rings. The third-order valence-electron chi connectivity index (χ3n) is 4.52. The minimum Gasteiger partial charge on any atom is -0.346 e. The van der Waals surface area contributed by atoms with E-state index in [0.717, 1.165) is 33.1 Å². The number of hydrogen-bond acceptors (Lipinski definition) is 6. The summed E-state index contributed by atoms with van der Waals surface area (Å²) in [7, 11) is 0. The Bertz CT molecular complexity index is 980. The number of amides is 1. The average Bonchev–Trinajstić information content (AvgIpc) is 3.26. The molecule has 0 saturated heterocycles. The summed E-state index contributed by atoms with van der Waals surface area (Å²) in [5.74, 6) is 1.48. The molecule has 0 bridgehead atoms. The van der Waals surface area contributed by atoms with Crippen LogP contribution >= 0.6 is 23.1 Å². The van der Waals surface area contributed by atoms with Gasteiger partial charge in [-0.3, -0.25) is 14.0 Å². The van der Waals surface area contributed by atoms with Crippen molar-refractivity contribution in [3.8, 4) is 0 Å². The van der Waals surface area contributed by atoms with Gasteiger partial charge in [-0.25, -0.2) is 0 Å². The van der Waals surface area contributed by atoms with Gasteiger partial charge in [0, 0.05) is 34.4 Å². The van der Waals surface area contributed by atoms with Crippen molar-refractivity contribution in [2.75, 3.05) is 12.0 Å². The van der Waals surface area contributed by atoms with Gasteiger partial charge in [0.15, 0.2) is 17.3 Å². The normalized spacial score (nSPS) is 12.2. The van der Waals surface area contributed by atoms with E-state index in [9.17, 15) is 9.59 Å². The quantitative estimate of drug-likeness (QED) is 0.534. The Labute approximate surface area is 172 Å². The number of rotatable bonds is 9. The molecular formula is C20H24N4O2S2. The van der Waals surface area contributed by atoms with Gasteiger partial charge in [0.05, 0.1) is 6.04 Å². The van der Waals surface area contributed by atoms with Crippen LogP contribution in [0.1, 0.15) is 51.2 Å². The number of fused-ring (bicyclic) bond motifs is 1. The molecule has 1 atom stereocenters. The zero-order valence-corrected chi connectivity index (χ0v) is 17.9. The van der Waals surface area contributed by atoms with Crippen molar-refractivity contribution in [3.05, 3.63) is 51.6 Å². The molecule has 0 aliphatic rings. The number of Topliss-reactive ketones (excluding diaryl/α,β-unsaturated/α-hetero) is 1. The third-order valence-corrected chi connectivity index (χ3v) is 6.13. The van der Waals surface area contributed by atoms with E-state index < -0.39 is 0 Å². The van der Waals surface area contributed by atoms with Gasteiger partial charge in [-0.1, -0.05) is 6.07 Å². The van der Waals surface area contributed by atoms with E-state index in [4.69, 9.17) is 0 Å². The van der Waals surface area contributed by atoms with E-state index in [2.05, 4.69) is 15.5 Å². The van der Waals surface area contributed by atoms with E-state index in [0.29, 0.717) is 5.82 Å². The van der Waals surface area contributed by atoms with Crippen LogP contribution in [-0.4, -0.2) is 38.3 Å². The van der Waals surface area contributed by atoms with Crippen molar-refractivity contribution in [2.24, 2.45) is 0 Å². The van der Waals surface area contributed by atoms with Gasteiger partial charge in [0.2, 0.25) is 5.91 Å². The van der Waals surface area contributed by atoms with Gasteiger partial charge in [-0.05, 0) is 50.5 Å². The monoisotopic (exact) mass is 416 g/mol. The Morgan fingerprint density at radius 2 is 2.07 bits per heavy atom. The predicted octanol–water partition coefficient (Wildman–Crippen LogP) is 3.98. The fourth-order valence-corrected chi connectivity index (χ4v) is 4.55. The second kappa shape index (κ2) is 9.34. The molecule has 6 nitrogen and oxygen atoms in total. The van der Waals surface area contributed by atoms with Crippen molar-refractivity contribution in [3.63, 3.8) is 0 Å². The van der Waals surface area contributed by atoms with E-state index in [1.165, 1.54) is 0 Å². The number of nitrogens with one attached hydrogen (secondary N) is 1. The molecule has 28 heavy (non-hydrogen) atoms. The zero-order chi connectivity index (χ0) is 20.1. The molecule has 1 N–H and O–H groups in total. The van der Waals surface area contributed by atoms with Crippen LogP contribution < -0.4 is 5.32 Å². The zero-order valence-electron chi connectivity index (χ0n) is 16.3. The Kier molecular flexibility index (Phi) is 6.85. The molecule has 0 aliphatic carbocycles. The lowest BCUT2D eigenvalue weighted by molar-refractivity contribution is -0.121. The lowest BCUT2D eigenvalue weighted by Crippen LogP contribution is -2.30. The summed E-state index contributed by atoms with van der Waals surface area (Å²) in [4.78, 5) is 27.1. The van der Waals surface area contributed by atoms with Crippen LogP contribution in [0.2, 0.25) is 0 Å². The first-order valence-electron chi connectivity index (χ1n) is 9.17. The molecule has 0 spiro atoms. The molecule has 0 aliphatic heterocycles. The summed E-state index contributed by atoms with van der Waals surface area (Å²) in [6, 6.07) is 7.37. The molecule has 8 heteroatoms. The predicted molar refractivity (Wildman–Crippen MR) is 114 cm³/mol. The topological polar surface area (TPSA) is 76.4 Å². The number of ketones is 1. The van der Waals surface area contributed by atoms with Crippen LogP contribution in [0.25, 0.3) is 5.65 Å². The highest BCUT2D eigenvalue weighted by Crippen LogP contribution is 2.23. The average molecular weight is 417 g/mol. The highest BCUT2D eigenvalue weighted by atomic mass is 32.2. The number of thioether (sulfide) groups is 1. The molecule has 148 valence electrons. The first-order valence-corrected chi connectivity index (χ1v) is 11.4. The van der Waals surface area contributed by atoms with E-state index >= 15 is 0 Å². The number of thiophene rings is 1. The first-order chi connectivity index (χ1) is 13.5. The molecule has 1 amide bonds. The van der Waals surface area contributed by atoms with Gasteiger partial charge in [0.1, 0.15) is 0 Å². The van der Waals surface area contributed by atoms with Crippen molar-refractivity contribution < 1.29 is 9.59 Å². The van der Waals surface area contributed by atoms with Crippen molar-refractivity contribution >= 4 is 40.4 Å². The summed E-state index contributed by atoms with van der Waals surface area (Å²) in [6.45, 7) is 3.93. The minimum absolute atomic E-state index is 0.0191. The van der Waals surface area contributed by atoms with E-state index in [1.54, 1.807) is 23.1 Å². The van der Waals surface area contributed by atoms with Crippen LogP contribution in [0.4, 0.5) is 0 Å². The maximum atomic E-state index is 12.5. The number of carbonyl (C=O) groups is 2. The second-order valence-corrected chi connectivity index (χ2v) is 9.08. The number of carbonyl (C=O) groups excluding carboxylic acids is 2. The lowest BCUT2D eigenvalue weighted by atomic mass is 10.1. The van der Waals surface area contributed by atoms with Crippen LogP contribution in [0.3, 0.4) is 0 Å². The second-order valence-electron chi connectivity index (χ2n) is 6.64. The first kappa shape index (κ1) is 20.5. The van der Waals surface area contributed by atoms with Gasteiger partial charge in [0.25, 0.3) is 0 Å². The highest BCUT2D eigenvalue weighted by molar-refractivity contribution is 7.98. The lowest BCUT2D eigenvalue weighted by Gasteiger charge is -2.17. The molecule has 3 heterocycles. The van der Waals surface area contributed by atoms with Crippen LogP contribution in [0.5, 0.6) is 0 Å². The summed E-state index contributed by atoms with van der Waals surface area (Å²) in [6.07, 6.45) is 5.05. The molecule has 3 aromatic heterocycles. The largest absolute Gasteiger partial charge is 0.346 e. The third kappa shape index (κ3) is 4.80. The van der Waals surface area contributed by atoms with Crippen LogP contribution in [0.15, 0.2) is 30.5 Å². The van der Waals surface area contributed by atoms with Crippen LogP contribution in [-0.2, 0) is 4.79 Å². The minimum atomic E-state index is -0.238. The standard InChI is InChI=1S/C20H24N4O2S2/c1-13-12-15(14(2)28-13)17(25)7-8-19(26)21-16(9-11-27-3)20-23-22-18-6-4-5-10-24(18)20/h4-6,10,12,16H,7-9,11H2,1-3H3,(H,21,26)/t16-/m1/s1. The van der Waals surface area contributed by atoms with Gasteiger partial charge in [-0.15, -0.1) is 21.5 Å². The Balaban J connectivity index is 1.66. The van der Waals surface area contributed by atoms with Crippen molar-refractivity contribution in [1.29, 1.82) is 0 Å².